The zero-order valence-electron chi connectivity index (χ0n) is 7.73. The molecule has 0 aromatic heterocycles. The molecule has 0 aromatic carbocycles. The molecule has 2 aliphatic rings. The third-order valence-corrected chi connectivity index (χ3v) is 3.88. The Morgan fingerprint density at radius 2 is 2.17 bits per heavy atom. The minimum absolute atomic E-state index is 0.127. The van der Waals surface area contributed by atoms with Crippen molar-refractivity contribution >= 4 is 5.78 Å². The molecule has 0 saturated heterocycles. The molecule has 2 atom stereocenters. The van der Waals surface area contributed by atoms with E-state index in [-0.39, 0.29) is 5.41 Å². The summed E-state index contributed by atoms with van der Waals surface area (Å²) in [4.78, 5) is 11.7. The number of hydrogen-bond acceptors (Lipinski definition) is 1. The molecule has 2 saturated carbocycles. The van der Waals surface area contributed by atoms with Gasteiger partial charge in [0.2, 0.25) is 0 Å². The smallest absolute Gasteiger partial charge is 0.143 e. The van der Waals surface area contributed by atoms with Crippen molar-refractivity contribution in [2.75, 3.05) is 0 Å². The summed E-state index contributed by atoms with van der Waals surface area (Å²) in [6, 6.07) is 0. The molecule has 0 N–H and O–H groups in total. The van der Waals surface area contributed by atoms with Gasteiger partial charge in [0.1, 0.15) is 5.78 Å². The highest BCUT2D eigenvalue weighted by atomic mass is 16.1. The van der Waals surface area contributed by atoms with E-state index in [1.807, 2.05) is 0 Å². The predicted molar refractivity (Wildman–Crippen MR) is 48.8 cm³/mol. The second-order valence-electron chi connectivity index (χ2n) is 4.36. The lowest BCUT2D eigenvalue weighted by molar-refractivity contribution is -0.130. The van der Waals surface area contributed by atoms with Gasteiger partial charge in [0.05, 0.1) is 0 Å². The van der Waals surface area contributed by atoms with Crippen molar-refractivity contribution < 1.29 is 4.79 Å². The molecule has 12 heavy (non-hydrogen) atoms. The number of fused-ring (bicyclic) bond motifs is 1. The first-order valence-electron chi connectivity index (χ1n) is 4.87. The van der Waals surface area contributed by atoms with Gasteiger partial charge in [-0.25, -0.2) is 0 Å². The van der Waals surface area contributed by atoms with Crippen LogP contribution in [0.3, 0.4) is 0 Å². The standard InChI is InChI=1S/C11H16O/c1-8-6-7-9-4-3-5-10(12)11(8,9)2/h9H,1,3-7H2,2H3/t9-,11+/m0/s1. The highest BCUT2D eigenvalue weighted by Gasteiger charge is 2.48. The van der Waals surface area contributed by atoms with Crippen LogP contribution >= 0.6 is 0 Å². The Morgan fingerprint density at radius 1 is 1.42 bits per heavy atom. The van der Waals surface area contributed by atoms with E-state index in [0.717, 1.165) is 19.3 Å². The lowest BCUT2D eigenvalue weighted by Crippen LogP contribution is -2.36. The second-order valence-corrected chi connectivity index (χ2v) is 4.36. The van der Waals surface area contributed by atoms with Gasteiger partial charge in [-0.2, -0.15) is 0 Å². The second kappa shape index (κ2) is 2.45. The van der Waals surface area contributed by atoms with Crippen LogP contribution in [-0.4, -0.2) is 5.78 Å². The zero-order valence-corrected chi connectivity index (χ0v) is 7.73. The summed E-state index contributed by atoms with van der Waals surface area (Å²) in [5, 5.41) is 0. The molecule has 0 bridgehead atoms. The SMILES string of the molecule is C=C1CC[C@@H]2CCCC(=O)[C@]12C. The molecule has 2 fully saturated rings. The Hall–Kier alpha value is -0.590. The van der Waals surface area contributed by atoms with Crippen LogP contribution in [0.1, 0.15) is 39.0 Å². The fourth-order valence-corrected chi connectivity index (χ4v) is 2.81. The summed E-state index contributed by atoms with van der Waals surface area (Å²) in [5.41, 5.74) is 1.07. The number of carbonyl (C=O) groups excluding carboxylic acids is 1. The van der Waals surface area contributed by atoms with Crippen LogP contribution in [0.2, 0.25) is 0 Å². The van der Waals surface area contributed by atoms with Crippen LogP contribution in [0.15, 0.2) is 12.2 Å². The molecule has 0 radical (unpaired) electrons. The Kier molecular flexibility index (Phi) is 1.64. The highest BCUT2D eigenvalue weighted by molar-refractivity contribution is 5.89. The maximum Gasteiger partial charge on any atom is 0.143 e. The normalized spacial score (nSPS) is 41.6. The van der Waals surface area contributed by atoms with Crippen molar-refractivity contribution in [3.05, 3.63) is 12.2 Å². The number of ketones is 1. The molecule has 0 heterocycles. The van der Waals surface area contributed by atoms with Gasteiger partial charge in [0, 0.05) is 11.8 Å². The summed E-state index contributed by atoms with van der Waals surface area (Å²) in [6.07, 6.45) is 5.40. The third-order valence-electron chi connectivity index (χ3n) is 3.88. The molecule has 0 aromatic rings. The van der Waals surface area contributed by atoms with Crippen LogP contribution in [0, 0.1) is 11.3 Å². The molecule has 1 nitrogen and oxygen atoms in total. The van der Waals surface area contributed by atoms with Crippen molar-refractivity contribution in [1.82, 2.24) is 0 Å². The highest BCUT2D eigenvalue weighted by Crippen LogP contribution is 2.52. The molecule has 2 aliphatic carbocycles. The van der Waals surface area contributed by atoms with Crippen LogP contribution in [0.25, 0.3) is 0 Å². The molecular formula is C11H16O. The summed E-state index contributed by atoms with van der Waals surface area (Å²) in [7, 11) is 0. The molecule has 66 valence electrons. The van der Waals surface area contributed by atoms with Gasteiger partial charge in [0.15, 0.2) is 0 Å². The minimum atomic E-state index is -0.127. The maximum atomic E-state index is 11.7. The van der Waals surface area contributed by atoms with E-state index in [1.54, 1.807) is 0 Å². The van der Waals surface area contributed by atoms with Crippen molar-refractivity contribution in [2.45, 2.75) is 39.0 Å². The van der Waals surface area contributed by atoms with Gasteiger partial charge in [-0.1, -0.05) is 12.2 Å². The number of hydrogen-bond donors (Lipinski definition) is 0. The van der Waals surface area contributed by atoms with Crippen LogP contribution in [0.4, 0.5) is 0 Å². The van der Waals surface area contributed by atoms with E-state index in [1.165, 1.54) is 18.4 Å². The Bertz CT molecular complexity index is 241. The Morgan fingerprint density at radius 3 is 2.83 bits per heavy atom. The first-order valence-corrected chi connectivity index (χ1v) is 4.87. The van der Waals surface area contributed by atoms with Gasteiger partial charge < -0.3 is 0 Å². The largest absolute Gasteiger partial charge is 0.299 e. The quantitative estimate of drug-likeness (QED) is 0.503. The summed E-state index contributed by atoms with van der Waals surface area (Å²) in [6.45, 7) is 6.15. The predicted octanol–water partition coefficient (Wildman–Crippen LogP) is 2.71. The first kappa shape index (κ1) is 8.03. The fourth-order valence-electron chi connectivity index (χ4n) is 2.81. The fraction of sp³-hybridized carbons (Fsp3) is 0.727. The Labute approximate surface area is 73.8 Å². The zero-order chi connectivity index (χ0) is 8.77. The maximum absolute atomic E-state index is 11.7. The van der Waals surface area contributed by atoms with Gasteiger partial charge in [-0.05, 0) is 38.5 Å². The van der Waals surface area contributed by atoms with E-state index in [9.17, 15) is 4.79 Å². The van der Waals surface area contributed by atoms with Gasteiger partial charge in [0.25, 0.3) is 0 Å². The average molecular weight is 164 g/mol. The monoisotopic (exact) mass is 164 g/mol. The van der Waals surface area contributed by atoms with E-state index in [4.69, 9.17) is 0 Å². The van der Waals surface area contributed by atoms with Gasteiger partial charge >= 0.3 is 0 Å². The lowest BCUT2D eigenvalue weighted by Gasteiger charge is -2.35. The molecule has 0 unspecified atom stereocenters. The van der Waals surface area contributed by atoms with Gasteiger partial charge in [-0.15, -0.1) is 0 Å². The third kappa shape index (κ3) is 0.825. The van der Waals surface area contributed by atoms with Crippen LogP contribution in [0.5, 0.6) is 0 Å². The van der Waals surface area contributed by atoms with Crippen molar-refractivity contribution in [3.63, 3.8) is 0 Å². The summed E-state index contributed by atoms with van der Waals surface area (Å²) >= 11 is 0. The van der Waals surface area contributed by atoms with Crippen LogP contribution in [-0.2, 0) is 4.79 Å². The van der Waals surface area contributed by atoms with E-state index < -0.39 is 0 Å². The van der Waals surface area contributed by atoms with E-state index >= 15 is 0 Å². The summed E-state index contributed by atoms with van der Waals surface area (Å²) < 4.78 is 0. The molecule has 0 amide bonds. The molecule has 0 spiro atoms. The first-order chi connectivity index (χ1) is 5.65. The van der Waals surface area contributed by atoms with Crippen molar-refractivity contribution in [1.29, 1.82) is 0 Å². The molecule has 1 heteroatoms. The molecule has 2 rings (SSSR count). The minimum Gasteiger partial charge on any atom is -0.299 e. The van der Waals surface area contributed by atoms with Crippen molar-refractivity contribution in [2.24, 2.45) is 11.3 Å². The Balaban J connectivity index is 2.36. The number of carbonyl (C=O) groups is 1. The average Bonchev–Trinajstić information content (AvgIpc) is 2.33. The number of allylic oxidation sites excluding steroid dienone is 1. The molecular weight excluding hydrogens is 148 g/mol. The van der Waals surface area contributed by atoms with E-state index in [0.29, 0.717) is 11.7 Å². The number of Topliss-reactive ketones (excluding diaryl/α,β-unsaturated/α-hetero) is 1. The number of rotatable bonds is 0. The van der Waals surface area contributed by atoms with E-state index in [2.05, 4.69) is 13.5 Å². The lowest BCUT2D eigenvalue weighted by atomic mass is 9.67. The van der Waals surface area contributed by atoms with Gasteiger partial charge in [-0.3, -0.25) is 4.79 Å². The summed E-state index contributed by atoms with van der Waals surface area (Å²) in [5.74, 6) is 1.06. The van der Waals surface area contributed by atoms with Crippen LogP contribution < -0.4 is 0 Å². The van der Waals surface area contributed by atoms with Crippen molar-refractivity contribution in [3.8, 4) is 0 Å². The molecule has 0 aliphatic heterocycles. The topological polar surface area (TPSA) is 17.1 Å².